The van der Waals surface area contributed by atoms with Crippen molar-refractivity contribution in [3.63, 3.8) is 0 Å². The Hall–Kier alpha value is -8.35. The number of benzene rings is 8. The largest absolute Gasteiger partial charge is 0.309 e. The fourth-order valence-corrected chi connectivity index (χ4v) is 9.49. The maximum absolute atomic E-state index is 5.49. The van der Waals surface area contributed by atoms with Gasteiger partial charge in [0, 0.05) is 60.8 Å². The van der Waals surface area contributed by atoms with Gasteiger partial charge >= 0.3 is 0 Å². The van der Waals surface area contributed by atoms with E-state index in [0.717, 1.165) is 72.7 Å². The van der Waals surface area contributed by atoms with Crippen molar-refractivity contribution in [1.29, 1.82) is 0 Å². The number of aromatic nitrogens is 6. The molecule has 1 aliphatic rings. The van der Waals surface area contributed by atoms with E-state index in [0.29, 0.717) is 23.3 Å². The molecule has 6 nitrogen and oxygen atoms in total. The summed E-state index contributed by atoms with van der Waals surface area (Å²) in [6, 6.07) is 72.0. The molecule has 0 spiro atoms. The molecule has 12 rings (SSSR count). The molecule has 11 aromatic rings. The van der Waals surface area contributed by atoms with Crippen LogP contribution >= 0.6 is 0 Å². The van der Waals surface area contributed by atoms with Gasteiger partial charge in [0.05, 0.1) is 22.4 Å². The van der Waals surface area contributed by atoms with Gasteiger partial charge in [0.15, 0.2) is 23.3 Å². The Morgan fingerprint density at radius 1 is 0.344 bits per heavy atom. The maximum Gasteiger partial charge on any atom is 0.164 e. The molecule has 64 heavy (non-hydrogen) atoms. The van der Waals surface area contributed by atoms with Gasteiger partial charge < -0.3 is 4.57 Å². The van der Waals surface area contributed by atoms with Crippen molar-refractivity contribution in [2.24, 2.45) is 0 Å². The van der Waals surface area contributed by atoms with Gasteiger partial charge in [-0.2, -0.15) is 0 Å². The van der Waals surface area contributed by atoms with Crippen molar-refractivity contribution in [1.82, 2.24) is 29.5 Å². The number of rotatable bonds is 7. The van der Waals surface area contributed by atoms with Gasteiger partial charge in [0.25, 0.3) is 0 Å². The van der Waals surface area contributed by atoms with Gasteiger partial charge in [-0.3, -0.25) is 0 Å². The Morgan fingerprint density at radius 2 is 0.797 bits per heavy atom. The molecule has 302 valence electrons. The van der Waals surface area contributed by atoms with Crippen molar-refractivity contribution in [2.75, 3.05) is 0 Å². The van der Waals surface area contributed by atoms with Crippen molar-refractivity contribution in [2.45, 2.75) is 19.3 Å². The summed E-state index contributed by atoms with van der Waals surface area (Å²) in [5.41, 5.74) is 15.7. The first kappa shape index (κ1) is 37.4. The van der Waals surface area contributed by atoms with Crippen LogP contribution in [0.4, 0.5) is 0 Å². The fraction of sp³-hybridized carbons (Fsp3) is 0.0517. The zero-order chi connectivity index (χ0) is 42.8. The molecule has 3 aromatic heterocycles. The molecule has 0 N–H and O–H groups in total. The molecule has 0 saturated heterocycles. The predicted molar refractivity (Wildman–Crippen MR) is 260 cm³/mol. The molecule has 3 heterocycles. The van der Waals surface area contributed by atoms with Crippen molar-refractivity contribution >= 4 is 21.8 Å². The Morgan fingerprint density at radius 3 is 1.44 bits per heavy atom. The second-order valence-electron chi connectivity index (χ2n) is 16.9. The van der Waals surface area contributed by atoms with Gasteiger partial charge in [-0.05, 0) is 41.0 Å². The van der Waals surface area contributed by atoms with Crippen molar-refractivity contribution in [3.8, 4) is 84.9 Å². The van der Waals surface area contributed by atoms with E-state index >= 15 is 0 Å². The summed E-state index contributed by atoms with van der Waals surface area (Å²) in [6.45, 7) is 4.59. The highest BCUT2D eigenvalue weighted by Crippen LogP contribution is 2.51. The number of para-hydroxylation sites is 2. The lowest BCUT2D eigenvalue weighted by Gasteiger charge is -2.24. The van der Waals surface area contributed by atoms with Crippen molar-refractivity contribution < 1.29 is 0 Å². The van der Waals surface area contributed by atoms with Gasteiger partial charge in [-0.15, -0.1) is 0 Å². The maximum atomic E-state index is 5.49. The zero-order valence-corrected chi connectivity index (χ0v) is 35.3. The highest BCUT2D eigenvalue weighted by molar-refractivity contribution is 6.10. The van der Waals surface area contributed by atoms with Crippen molar-refractivity contribution in [3.05, 3.63) is 217 Å². The first-order valence-electron chi connectivity index (χ1n) is 21.7. The van der Waals surface area contributed by atoms with E-state index in [1.807, 2.05) is 60.7 Å². The molecule has 0 atom stereocenters. The summed E-state index contributed by atoms with van der Waals surface area (Å²) < 4.78 is 2.35. The van der Waals surface area contributed by atoms with E-state index in [1.165, 1.54) is 21.9 Å². The molecule has 0 radical (unpaired) electrons. The average Bonchev–Trinajstić information content (AvgIpc) is 3.82. The summed E-state index contributed by atoms with van der Waals surface area (Å²) in [4.78, 5) is 25.7. The number of hydrogen-bond acceptors (Lipinski definition) is 5. The minimum Gasteiger partial charge on any atom is -0.309 e. The van der Waals surface area contributed by atoms with Crippen LogP contribution in [-0.4, -0.2) is 29.5 Å². The molecule has 8 aromatic carbocycles. The molecule has 1 aliphatic carbocycles. The lowest BCUT2D eigenvalue weighted by Crippen LogP contribution is -2.17. The Balaban J connectivity index is 0.941. The van der Waals surface area contributed by atoms with Crippen LogP contribution in [0.2, 0.25) is 0 Å². The van der Waals surface area contributed by atoms with Crippen LogP contribution in [0.1, 0.15) is 25.0 Å². The summed E-state index contributed by atoms with van der Waals surface area (Å²) in [6.07, 6.45) is 0. The van der Waals surface area contributed by atoms with Crippen LogP contribution in [0.15, 0.2) is 206 Å². The Bertz CT molecular complexity index is 3480. The molecule has 6 heteroatoms. The molecule has 0 bridgehead atoms. The molecular formula is C58H40N6. The molecular weight excluding hydrogens is 781 g/mol. The van der Waals surface area contributed by atoms with Crippen LogP contribution in [-0.2, 0) is 5.41 Å². The minimum atomic E-state index is -0.298. The number of hydrogen-bond donors (Lipinski definition) is 0. The zero-order valence-electron chi connectivity index (χ0n) is 35.3. The van der Waals surface area contributed by atoms with E-state index < -0.39 is 0 Å². The van der Waals surface area contributed by atoms with Gasteiger partial charge in [0.1, 0.15) is 0 Å². The third kappa shape index (κ3) is 6.22. The first-order valence-corrected chi connectivity index (χ1v) is 21.7. The lowest BCUT2D eigenvalue weighted by atomic mass is 9.80. The minimum absolute atomic E-state index is 0.298. The topological polar surface area (TPSA) is 69.4 Å². The van der Waals surface area contributed by atoms with E-state index in [2.05, 4.69) is 164 Å². The molecule has 0 aliphatic heterocycles. The quantitative estimate of drug-likeness (QED) is 0.160. The normalized spacial score (nSPS) is 12.7. The fourth-order valence-electron chi connectivity index (χ4n) is 9.49. The number of fused-ring (bicyclic) bond motifs is 6. The highest BCUT2D eigenvalue weighted by Gasteiger charge is 2.40. The smallest absolute Gasteiger partial charge is 0.164 e. The third-order valence-electron chi connectivity index (χ3n) is 12.7. The van der Waals surface area contributed by atoms with Gasteiger partial charge in [-0.1, -0.05) is 196 Å². The van der Waals surface area contributed by atoms with E-state index in [9.17, 15) is 0 Å². The van der Waals surface area contributed by atoms with E-state index in [4.69, 9.17) is 24.9 Å². The second kappa shape index (κ2) is 14.9. The summed E-state index contributed by atoms with van der Waals surface area (Å²) in [5, 5.41) is 2.41. The van der Waals surface area contributed by atoms with Crippen LogP contribution in [0.3, 0.4) is 0 Å². The summed E-state index contributed by atoms with van der Waals surface area (Å²) in [7, 11) is 0. The monoisotopic (exact) mass is 820 g/mol. The van der Waals surface area contributed by atoms with Crippen LogP contribution in [0, 0.1) is 0 Å². The molecule has 0 fully saturated rings. The molecule has 0 unspecified atom stereocenters. The Labute approximate surface area is 371 Å². The average molecular weight is 821 g/mol. The molecule has 0 amide bonds. The van der Waals surface area contributed by atoms with Crippen LogP contribution < -0.4 is 0 Å². The van der Waals surface area contributed by atoms with Crippen LogP contribution in [0.25, 0.3) is 107 Å². The van der Waals surface area contributed by atoms with E-state index in [1.54, 1.807) is 0 Å². The SMILES string of the molecule is CC1(C)c2ccccc2-c2nc(-c3ccc4c5ccccc5n(-c5ccccc5)c4c3)nc(-c3ccc(-c4ccc(-c5nc(-c6ccccc6)nc(-c6ccccc6)n5)cc4)cc3)c21. The second-order valence-corrected chi connectivity index (χ2v) is 16.9. The summed E-state index contributed by atoms with van der Waals surface area (Å²) >= 11 is 0. The number of nitrogens with zero attached hydrogens (tertiary/aromatic N) is 6. The van der Waals surface area contributed by atoms with Crippen LogP contribution in [0.5, 0.6) is 0 Å². The lowest BCUT2D eigenvalue weighted by molar-refractivity contribution is 0.658. The predicted octanol–water partition coefficient (Wildman–Crippen LogP) is 14.1. The van der Waals surface area contributed by atoms with Gasteiger partial charge in [-0.25, -0.2) is 24.9 Å². The third-order valence-corrected chi connectivity index (χ3v) is 12.7. The highest BCUT2D eigenvalue weighted by atomic mass is 15.0. The Kier molecular flexibility index (Phi) is 8.73. The summed E-state index contributed by atoms with van der Waals surface area (Å²) in [5.74, 6) is 2.63. The van der Waals surface area contributed by atoms with E-state index in [-0.39, 0.29) is 5.41 Å². The standard InChI is InChI=1S/C58H40N6/c1-58(2)48-24-14-12-23-47(48)53-51(58)52(59-57(60-53)43-34-35-46-45-22-13-15-25-49(45)64(50(46)36-43)44-20-10-5-11-21-44)39-30-26-37(27-31-39)38-28-32-42(33-29-38)56-62-54(40-16-6-3-7-17-40)61-55(63-56)41-18-8-4-9-19-41/h3-36H,1-2H3. The molecule has 0 saturated carbocycles. The first-order chi connectivity index (χ1) is 31.5. The van der Waals surface area contributed by atoms with Gasteiger partial charge in [0.2, 0.25) is 0 Å².